The maximum absolute atomic E-state index is 12.9. The minimum Gasteiger partial charge on any atom is -0.423 e. The van der Waals surface area contributed by atoms with Crippen molar-refractivity contribution in [2.45, 2.75) is 6.18 Å². The van der Waals surface area contributed by atoms with E-state index >= 15 is 0 Å². The number of nitro groups is 1. The number of hydrogen-bond donors (Lipinski definition) is 0. The van der Waals surface area contributed by atoms with Gasteiger partial charge in [0.25, 0.3) is 5.69 Å². The Hall–Kier alpha value is -1.22. The van der Waals surface area contributed by atoms with E-state index < -0.39 is 34.8 Å². The number of non-ortho nitro benzene ring substituents is 1. The number of halogens is 3. The van der Waals surface area contributed by atoms with Crippen molar-refractivity contribution in [2.24, 2.45) is 0 Å². The summed E-state index contributed by atoms with van der Waals surface area (Å²) in [6.07, 6.45) is -4.84. The summed E-state index contributed by atoms with van der Waals surface area (Å²) in [5.74, 6) is -0.685. The lowest BCUT2D eigenvalue weighted by Gasteiger charge is -2.20. The molecule has 0 aromatic heterocycles. The molecule has 0 saturated heterocycles. The van der Waals surface area contributed by atoms with Crippen LogP contribution in [0, 0.1) is 10.1 Å². The summed E-state index contributed by atoms with van der Waals surface area (Å²) in [5.41, 5.74) is -2.04. The lowest BCUT2D eigenvalue weighted by molar-refractivity contribution is -0.385. The fourth-order valence-corrected chi connectivity index (χ4v) is 2.14. The van der Waals surface area contributed by atoms with Crippen LogP contribution in [0.1, 0.15) is 5.56 Å². The molecule has 112 valence electrons. The summed E-state index contributed by atoms with van der Waals surface area (Å²) in [4.78, 5) is 9.58. The standard InChI is InChI=1S/C9H9F3NO5PS/c1-16-19(20,17-2)18-8-4-3-6(13(14)15)5-7(8)9(10,11)12/h3-5H,1-2H3. The second-order valence-electron chi connectivity index (χ2n) is 3.34. The Balaban J connectivity index is 3.33. The van der Waals surface area contributed by atoms with Crippen molar-refractivity contribution < 1.29 is 31.7 Å². The highest BCUT2D eigenvalue weighted by Gasteiger charge is 2.37. The van der Waals surface area contributed by atoms with Gasteiger partial charge in [-0.2, -0.15) is 13.2 Å². The van der Waals surface area contributed by atoms with Gasteiger partial charge < -0.3 is 13.6 Å². The Bertz CT molecular complexity index is 557. The Kier molecular flexibility index (Phi) is 5.09. The number of alkyl halides is 3. The van der Waals surface area contributed by atoms with Crippen molar-refractivity contribution in [1.82, 2.24) is 0 Å². The van der Waals surface area contributed by atoms with Crippen molar-refractivity contribution in [3.8, 4) is 5.75 Å². The van der Waals surface area contributed by atoms with Crippen LogP contribution in [0.4, 0.5) is 18.9 Å². The van der Waals surface area contributed by atoms with Gasteiger partial charge in [0.2, 0.25) is 0 Å². The summed E-state index contributed by atoms with van der Waals surface area (Å²) < 4.78 is 53.0. The summed E-state index contributed by atoms with van der Waals surface area (Å²) in [6.45, 7) is -3.37. The van der Waals surface area contributed by atoms with Gasteiger partial charge in [0.05, 0.1) is 4.92 Å². The van der Waals surface area contributed by atoms with Crippen molar-refractivity contribution in [3.05, 3.63) is 33.9 Å². The molecule has 0 saturated carbocycles. The molecule has 1 rings (SSSR count). The molecule has 0 heterocycles. The lowest BCUT2D eigenvalue weighted by atomic mass is 10.2. The lowest BCUT2D eigenvalue weighted by Crippen LogP contribution is -2.09. The van der Waals surface area contributed by atoms with E-state index in [0.717, 1.165) is 26.4 Å². The molecule has 0 amide bonds. The molecule has 1 aromatic rings. The van der Waals surface area contributed by atoms with E-state index in [0.29, 0.717) is 6.07 Å². The van der Waals surface area contributed by atoms with Crippen LogP contribution in [-0.4, -0.2) is 19.1 Å². The molecule has 20 heavy (non-hydrogen) atoms. The fourth-order valence-electron chi connectivity index (χ4n) is 1.20. The second kappa shape index (κ2) is 6.04. The molecule has 11 heteroatoms. The van der Waals surface area contributed by atoms with Crippen molar-refractivity contribution >= 4 is 24.2 Å². The number of nitro benzene ring substituents is 1. The van der Waals surface area contributed by atoms with E-state index in [1.165, 1.54) is 0 Å². The van der Waals surface area contributed by atoms with Gasteiger partial charge in [-0.3, -0.25) is 10.1 Å². The summed E-state index contributed by atoms with van der Waals surface area (Å²) in [6, 6.07) is 2.04. The van der Waals surface area contributed by atoms with Crippen LogP contribution in [-0.2, 0) is 27.0 Å². The van der Waals surface area contributed by atoms with Crippen LogP contribution in [0.2, 0.25) is 0 Å². The molecule has 0 atom stereocenters. The largest absolute Gasteiger partial charge is 0.423 e. The minimum absolute atomic E-state index is 0.361. The molecular formula is C9H9F3NO5PS. The molecule has 0 aliphatic carbocycles. The molecule has 0 spiro atoms. The van der Waals surface area contributed by atoms with Crippen LogP contribution in [0.3, 0.4) is 0 Å². The summed E-state index contributed by atoms with van der Waals surface area (Å²) in [5, 5.41) is 10.5. The Morgan fingerprint density at radius 1 is 1.30 bits per heavy atom. The van der Waals surface area contributed by atoms with E-state index in [4.69, 9.17) is 25.4 Å². The maximum atomic E-state index is 12.9. The average molecular weight is 331 g/mol. The first kappa shape index (κ1) is 16.8. The molecule has 0 aliphatic rings. The van der Waals surface area contributed by atoms with E-state index in [9.17, 15) is 23.3 Å². The van der Waals surface area contributed by atoms with Crippen LogP contribution in [0.5, 0.6) is 5.75 Å². The smallest absolute Gasteiger partial charge is 0.420 e. The van der Waals surface area contributed by atoms with Crippen LogP contribution in [0.25, 0.3) is 0 Å². The molecule has 0 radical (unpaired) electrons. The predicted octanol–water partition coefficient (Wildman–Crippen LogP) is 3.51. The first-order valence-corrected chi connectivity index (χ1v) is 7.45. The van der Waals surface area contributed by atoms with Crippen molar-refractivity contribution in [2.75, 3.05) is 14.2 Å². The zero-order valence-corrected chi connectivity index (χ0v) is 11.9. The average Bonchev–Trinajstić information content (AvgIpc) is 2.37. The maximum Gasteiger partial charge on any atom is 0.420 e. The Morgan fingerprint density at radius 3 is 2.25 bits per heavy atom. The molecule has 0 unspecified atom stereocenters. The van der Waals surface area contributed by atoms with E-state index in [1.807, 2.05) is 0 Å². The van der Waals surface area contributed by atoms with Crippen molar-refractivity contribution in [1.29, 1.82) is 0 Å². The van der Waals surface area contributed by atoms with Crippen LogP contribution in [0.15, 0.2) is 18.2 Å². The zero-order valence-electron chi connectivity index (χ0n) is 10.2. The number of nitrogens with zero attached hydrogens (tertiary/aromatic N) is 1. The topological polar surface area (TPSA) is 70.8 Å². The molecular weight excluding hydrogens is 322 g/mol. The normalized spacial score (nSPS) is 12.2. The third-order valence-electron chi connectivity index (χ3n) is 2.14. The highest BCUT2D eigenvalue weighted by atomic mass is 32.5. The number of benzene rings is 1. The van der Waals surface area contributed by atoms with E-state index in [1.54, 1.807) is 0 Å². The zero-order chi connectivity index (χ0) is 15.6. The van der Waals surface area contributed by atoms with Crippen LogP contribution >= 0.6 is 6.72 Å². The molecule has 0 bridgehead atoms. The number of hydrogen-bond acceptors (Lipinski definition) is 6. The first-order valence-electron chi connectivity index (χ1n) is 4.89. The van der Waals surface area contributed by atoms with Crippen LogP contribution < -0.4 is 4.52 Å². The van der Waals surface area contributed by atoms with Crippen molar-refractivity contribution in [3.63, 3.8) is 0 Å². The third kappa shape index (κ3) is 3.89. The van der Waals surface area contributed by atoms with Gasteiger partial charge in [-0.15, -0.1) is 0 Å². The molecule has 6 nitrogen and oxygen atoms in total. The minimum atomic E-state index is -4.84. The molecule has 0 N–H and O–H groups in total. The third-order valence-corrected chi connectivity index (χ3v) is 4.57. The van der Waals surface area contributed by atoms with Gasteiger partial charge >= 0.3 is 12.9 Å². The van der Waals surface area contributed by atoms with Gasteiger partial charge in [-0.25, -0.2) is 0 Å². The van der Waals surface area contributed by atoms with Gasteiger partial charge in [0.1, 0.15) is 11.3 Å². The Morgan fingerprint density at radius 2 is 1.85 bits per heavy atom. The summed E-state index contributed by atoms with van der Waals surface area (Å²) >= 11 is 4.80. The van der Waals surface area contributed by atoms with Gasteiger partial charge in [-0.1, -0.05) is 0 Å². The Labute approximate surface area is 116 Å². The highest BCUT2D eigenvalue weighted by Crippen LogP contribution is 2.51. The first-order chi connectivity index (χ1) is 9.13. The highest BCUT2D eigenvalue weighted by molar-refractivity contribution is 8.07. The van der Waals surface area contributed by atoms with Gasteiger partial charge in [0.15, 0.2) is 0 Å². The second-order valence-corrected chi connectivity index (χ2v) is 6.49. The number of rotatable bonds is 5. The molecule has 0 fully saturated rings. The SMILES string of the molecule is COP(=S)(OC)Oc1ccc([N+](=O)[O-])cc1C(F)(F)F. The predicted molar refractivity (Wildman–Crippen MR) is 67.0 cm³/mol. The monoisotopic (exact) mass is 331 g/mol. The van der Waals surface area contributed by atoms with Gasteiger partial charge in [0, 0.05) is 38.2 Å². The van der Waals surface area contributed by atoms with Gasteiger partial charge in [-0.05, 0) is 6.07 Å². The quantitative estimate of drug-likeness (QED) is 0.467. The fraction of sp³-hybridized carbons (Fsp3) is 0.333. The van der Waals surface area contributed by atoms with E-state index in [2.05, 4.69) is 0 Å². The van der Waals surface area contributed by atoms with E-state index in [-0.39, 0.29) is 0 Å². The summed E-state index contributed by atoms with van der Waals surface area (Å²) in [7, 11) is 2.26. The molecule has 0 aliphatic heterocycles. The molecule has 1 aromatic carbocycles.